The molecule has 0 N–H and O–H groups in total. The average Bonchev–Trinajstić information content (AvgIpc) is 1.82. The van der Waals surface area contributed by atoms with Gasteiger partial charge in [0.05, 0.1) is 27.0 Å². The van der Waals surface area contributed by atoms with E-state index < -0.39 is 0 Å². The molecule has 0 radical (unpaired) electrons. The maximum Gasteiger partial charge on any atom is 0.252 e. The van der Waals surface area contributed by atoms with Gasteiger partial charge >= 0.3 is 0 Å². The van der Waals surface area contributed by atoms with Gasteiger partial charge in [0.25, 0.3) is 6.71 Å². The molecule has 5 heterocycles. The Morgan fingerprint density at radius 3 is 1.86 bits per heavy atom. The third-order valence-electron chi connectivity index (χ3n) is 21.7. The molecule has 6 aromatic carbocycles. The number of hydrogen-bond donors (Lipinski definition) is 0. The van der Waals surface area contributed by atoms with Crippen molar-refractivity contribution in [3.63, 3.8) is 0 Å². The molecule has 2 aromatic heterocycles. The number of benzene rings is 6. The molecule has 0 spiro atoms. The summed E-state index contributed by atoms with van der Waals surface area (Å²) in [6.45, 7) is 49.7. The Bertz CT molecular complexity index is 3890. The van der Waals surface area contributed by atoms with Crippen LogP contribution < -0.4 is 26.2 Å². The van der Waals surface area contributed by atoms with Crippen molar-refractivity contribution >= 4 is 94.1 Å². The van der Waals surface area contributed by atoms with Crippen molar-refractivity contribution in [2.24, 2.45) is 0 Å². The van der Waals surface area contributed by atoms with Crippen LogP contribution in [0.1, 0.15) is 220 Å². The van der Waals surface area contributed by atoms with Crippen LogP contribution in [0.4, 0.5) is 28.4 Å². The molecule has 13 rings (SSSR count). The molecule has 8 aromatic rings. The molecule has 5 aliphatic rings. The predicted octanol–water partition coefficient (Wildman–Crippen LogP) is 18.9. The van der Waals surface area contributed by atoms with Crippen molar-refractivity contribution in [2.45, 2.75) is 227 Å². The fraction of sp³-hybridized carbons (Fsp3) is 0.479. The zero-order valence-electron chi connectivity index (χ0n) is 51.4. The number of fused-ring (bicyclic) bond motifs is 11. The Hall–Kier alpha value is -5.26. The van der Waals surface area contributed by atoms with Crippen LogP contribution in [0.15, 0.2) is 84.9 Å². The van der Waals surface area contributed by atoms with Gasteiger partial charge in [-0.1, -0.05) is 179 Å². The number of rotatable bonds is 6. The fourth-order valence-corrected chi connectivity index (χ4v) is 17.4. The largest absolute Gasteiger partial charge is 0.335 e. The van der Waals surface area contributed by atoms with Gasteiger partial charge in [-0.3, -0.25) is 0 Å². The molecule has 1 unspecified atom stereocenters. The minimum Gasteiger partial charge on any atom is -0.335 e. The van der Waals surface area contributed by atoms with E-state index in [1.54, 1.807) is 5.56 Å². The second-order valence-electron chi connectivity index (χ2n) is 30.9. The van der Waals surface area contributed by atoms with E-state index in [4.69, 9.17) is 0 Å². The minimum absolute atomic E-state index is 0.0334. The molecule has 1 atom stereocenters. The zero-order valence-corrected chi connectivity index (χ0v) is 52.2. The van der Waals surface area contributed by atoms with E-state index in [1.165, 1.54) is 158 Å². The number of thiophene rings is 1. The topological polar surface area (TPSA) is 11.4 Å². The van der Waals surface area contributed by atoms with Crippen LogP contribution in [-0.4, -0.2) is 16.8 Å². The summed E-state index contributed by atoms with van der Waals surface area (Å²) >= 11 is 1.99. The summed E-state index contributed by atoms with van der Waals surface area (Å²) in [6.07, 6.45) is 8.16. The molecule has 0 fully saturated rings. The van der Waals surface area contributed by atoms with E-state index in [9.17, 15) is 0 Å². The lowest BCUT2D eigenvalue weighted by Crippen LogP contribution is -2.63. The third kappa shape index (κ3) is 6.94. The number of hydrogen-bond acceptors (Lipinski definition) is 3. The Labute approximate surface area is 473 Å². The summed E-state index contributed by atoms with van der Waals surface area (Å²) in [5.74, 6) is 0. The van der Waals surface area contributed by atoms with Crippen molar-refractivity contribution in [2.75, 3.05) is 9.80 Å². The average molecular weight is 1050 g/mol. The highest BCUT2D eigenvalue weighted by Gasteiger charge is 2.59. The minimum atomic E-state index is -0.211. The highest BCUT2D eigenvalue weighted by molar-refractivity contribution is 7.26. The first-order chi connectivity index (χ1) is 36.3. The lowest BCUT2D eigenvalue weighted by molar-refractivity contribution is 0.276. The van der Waals surface area contributed by atoms with Crippen LogP contribution in [-0.2, 0) is 37.9 Å². The van der Waals surface area contributed by atoms with Gasteiger partial charge in [-0.15, -0.1) is 11.3 Å². The summed E-state index contributed by atoms with van der Waals surface area (Å²) < 4.78 is 5.55. The second kappa shape index (κ2) is 16.2. The molecule has 5 heteroatoms. The van der Waals surface area contributed by atoms with Crippen LogP contribution in [0.3, 0.4) is 0 Å². The monoisotopic (exact) mass is 1050 g/mol. The van der Waals surface area contributed by atoms with E-state index >= 15 is 0 Å². The number of anilines is 5. The van der Waals surface area contributed by atoms with E-state index in [0.29, 0.717) is 0 Å². The van der Waals surface area contributed by atoms with Crippen LogP contribution >= 0.6 is 11.3 Å². The zero-order chi connectivity index (χ0) is 55.7. The van der Waals surface area contributed by atoms with Gasteiger partial charge in [0.1, 0.15) is 0 Å². The highest BCUT2D eigenvalue weighted by atomic mass is 32.1. The standard InChI is InChI=1S/C73H88BN3S/c1-21-22-29-73(20)72(18,19)52-36-45(67(7,8)9)38-54-64(52)77(73)58-40-46(39-57-61(58)74(54)53-37-44(66(4,5)6)35-48-62(53)76(57)63-47-25-23-24-26-59(47)78-65(48)63)75(55-28-27-49-60(43(55)3)71(16,17)33-32-68(49,10)11)56-41-51-50(34-42(56)2)69(12,13)30-31-70(51,14)15/h23-28,34-41H,21-22,29-33H2,1-20H3. The van der Waals surface area contributed by atoms with Gasteiger partial charge in [-0.2, -0.15) is 0 Å². The van der Waals surface area contributed by atoms with Gasteiger partial charge in [0, 0.05) is 49.3 Å². The summed E-state index contributed by atoms with van der Waals surface area (Å²) in [4.78, 5) is 5.73. The van der Waals surface area contributed by atoms with Crippen LogP contribution in [0.25, 0.3) is 36.9 Å². The van der Waals surface area contributed by atoms with E-state index in [1.807, 2.05) is 11.3 Å². The Kier molecular flexibility index (Phi) is 10.8. The Morgan fingerprint density at radius 1 is 0.590 bits per heavy atom. The predicted molar refractivity (Wildman–Crippen MR) is 342 cm³/mol. The Morgan fingerprint density at radius 2 is 1.19 bits per heavy atom. The number of aromatic nitrogens is 1. The SMILES string of the molecule is CCCCC1(C)N2c3cc(N(c4cc5c(cc4C)C(C)(C)CCC5(C)C)c4ccc5c(c4C)C(C)(C)CCC5(C)C)cc4c3B(c3cc(C(C)(C)C)cc(c32)C1(C)C)c1cc(C(C)(C)C)cc2c3sc5ccccc5c3n-4c12. The molecule has 3 nitrogen and oxygen atoms in total. The molecule has 0 bridgehead atoms. The third-order valence-corrected chi connectivity index (χ3v) is 22.9. The molecule has 404 valence electrons. The molecule has 2 aliphatic carbocycles. The molecular weight excluding hydrogens is 962 g/mol. The van der Waals surface area contributed by atoms with Gasteiger partial charge in [-0.25, -0.2) is 0 Å². The molecular formula is C73H88BN3S. The van der Waals surface area contributed by atoms with Gasteiger partial charge in [-0.05, 0) is 188 Å². The molecule has 78 heavy (non-hydrogen) atoms. The smallest absolute Gasteiger partial charge is 0.252 e. The van der Waals surface area contributed by atoms with Crippen molar-refractivity contribution in [3.05, 3.63) is 135 Å². The van der Waals surface area contributed by atoms with Gasteiger partial charge in [0.2, 0.25) is 0 Å². The maximum atomic E-state index is 2.95. The van der Waals surface area contributed by atoms with Crippen LogP contribution in [0.2, 0.25) is 0 Å². The first-order valence-corrected chi connectivity index (χ1v) is 30.9. The van der Waals surface area contributed by atoms with Crippen LogP contribution in [0, 0.1) is 13.8 Å². The first kappa shape index (κ1) is 52.1. The second-order valence-corrected chi connectivity index (χ2v) is 31.9. The highest BCUT2D eigenvalue weighted by Crippen LogP contribution is 2.61. The van der Waals surface area contributed by atoms with Crippen molar-refractivity contribution in [1.82, 2.24) is 4.57 Å². The summed E-state index contributed by atoms with van der Waals surface area (Å²) in [5, 5.41) is 2.74. The maximum absolute atomic E-state index is 2.95. The van der Waals surface area contributed by atoms with Gasteiger partial charge in [0.15, 0.2) is 0 Å². The molecule has 0 saturated carbocycles. The van der Waals surface area contributed by atoms with Crippen molar-refractivity contribution < 1.29 is 0 Å². The summed E-state index contributed by atoms with van der Waals surface area (Å²) in [5.41, 5.74) is 28.2. The molecule has 3 aliphatic heterocycles. The first-order valence-electron chi connectivity index (χ1n) is 30.1. The number of nitrogens with zero attached hydrogens (tertiary/aromatic N) is 3. The molecule has 0 saturated heterocycles. The Balaban J connectivity index is 1.23. The van der Waals surface area contributed by atoms with E-state index in [0.717, 1.165) is 12.8 Å². The number of unbranched alkanes of at least 4 members (excludes halogenated alkanes) is 1. The summed E-state index contributed by atoms with van der Waals surface area (Å²) in [7, 11) is 0. The lowest BCUT2D eigenvalue weighted by atomic mass is 9.33. The lowest BCUT2D eigenvalue weighted by Gasteiger charge is -2.49. The van der Waals surface area contributed by atoms with Gasteiger partial charge < -0.3 is 14.4 Å². The van der Waals surface area contributed by atoms with E-state index in [-0.39, 0.29) is 50.2 Å². The quantitative estimate of drug-likeness (QED) is 0.154. The van der Waals surface area contributed by atoms with Crippen molar-refractivity contribution in [1.29, 1.82) is 0 Å². The van der Waals surface area contributed by atoms with Crippen LogP contribution in [0.5, 0.6) is 0 Å². The fourth-order valence-electron chi connectivity index (χ4n) is 16.2. The normalized spacial score (nSPS) is 20.8. The van der Waals surface area contributed by atoms with Crippen molar-refractivity contribution in [3.8, 4) is 5.69 Å². The van der Waals surface area contributed by atoms with E-state index in [2.05, 4.69) is 238 Å². The summed E-state index contributed by atoms with van der Waals surface area (Å²) in [6, 6.07) is 35.6. The molecule has 0 amide bonds. The number of aryl methyl sites for hydroxylation is 1.